The monoisotopic (exact) mass is 388 g/mol. The molecule has 0 spiro atoms. The Morgan fingerprint density at radius 1 is 1.11 bits per heavy atom. The van der Waals surface area contributed by atoms with Gasteiger partial charge in [0.15, 0.2) is 16.9 Å². The first-order valence-electron chi connectivity index (χ1n) is 8.87. The van der Waals surface area contributed by atoms with Crippen LogP contribution in [0.15, 0.2) is 34.0 Å². The van der Waals surface area contributed by atoms with Gasteiger partial charge in [0.2, 0.25) is 5.75 Å². The molecule has 1 atom stereocenters. The molecule has 0 heterocycles. The third-order valence-corrected chi connectivity index (χ3v) is 5.71. The zero-order chi connectivity index (χ0) is 19.6. The van der Waals surface area contributed by atoms with Crippen LogP contribution in [-0.4, -0.2) is 32.2 Å². The number of aliphatic hydroxyl groups is 1. The van der Waals surface area contributed by atoms with Gasteiger partial charge in [0.25, 0.3) is 0 Å². The Hall–Kier alpha value is -2.18. The predicted octanol–water partition coefficient (Wildman–Crippen LogP) is 3.83. The summed E-state index contributed by atoms with van der Waals surface area (Å²) in [6, 6.07) is 7.21. The molecule has 0 saturated heterocycles. The lowest BCUT2D eigenvalue weighted by molar-refractivity contribution is 0.169. The first-order valence-corrected chi connectivity index (χ1v) is 9.85. The first kappa shape index (κ1) is 19.6. The fraction of sp³-hybridized carbons (Fsp3) is 0.381. The number of ether oxygens (including phenoxy) is 3. The number of thioether (sulfide) groups is 1. The van der Waals surface area contributed by atoms with E-state index in [9.17, 15) is 9.90 Å². The number of methoxy groups -OCH3 is 3. The summed E-state index contributed by atoms with van der Waals surface area (Å²) in [5.74, 6) is 2.43. The normalized spacial score (nSPS) is 15.4. The fourth-order valence-corrected chi connectivity index (χ4v) is 4.23. The lowest BCUT2D eigenvalue weighted by atomic mass is 9.96. The molecule has 6 heteroatoms. The van der Waals surface area contributed by atoms with Gasteiger partial charge in [-0.05, 0) is 53.5 Å². The van der Waals surface area contributed by atoms with Gasteiger partial charge < -0.3 is 19.3 Å². The van der Waals surface area contributed by atoms with Gasteiger partial charge in [-0.15, -0.1) is 11.8 Å². The van der Waals surface area contributed by atoms with E-state index >= 15 is 0 Å². The molecule has 3 rings (SSSR count). The van der Waals surface area contributed by atoms with E-state index in [0.29, 0.717) is 40.5 Å². The SMILES string of the molecule is CCSc1ccc2c(cc1=O)[C@@H](O)CCc1cc(OC)c(OC)c(OC)c1-2. The molecular weight excluding hydrogens is 364 g/mol. The van der Waals surface area contributed by atoms with Crippen LogP contribution < -0.4 is 19.6 Å². The van der Waals surface area contributed by atoms with Crippen molar-refractivity contribution in [2.45, 2.75) is 30.8 Å². The van der Waals surface area contributed by atoms with Crippen molar-refractivity contribution in [2.24, 2.45) is 0 Å². The molecule has 27 heavy (non-hydrogen) atoms. The Kier molecular flexibility index (Phi) is 5.97. The molecule has 0 aliphatic heterocycles. The molecule has 0 amide bonds. The molecule has 2 aromatic rings. The molecule has 0 radical (unpaired) electrons. The summed E-state index contributed by atoms with van der Waals surface area (Å²) in [4.78, 5) is 13.3. The Morgan fingerprint density at radius 3 is 2.48 bits per heavy atom. The summed E-state index contributed by atoms with van der Waals surface area (Å²) >= 11 is 1.50. The minimum absolute atomic E-state index is 0.0787. The van der Waals surface area contributed by atoms with Gasteiger partial charge in [-0.3, -0.25) is 4.79 Å². The number of rotatable bonds is 5. The number of aliphatic hydroxyl groups excluding tert-OH is 1. The van der Waals surface area contributed by atoms with E-state index in [4.69, 9.17) is 14.2 Å². The molecule has 1 aliphatic rings. The average molecular weight is 388 g/mol. The molecule has 0 bridgehead atoms. The van der Waals surface area contributed by atoms with Crippen molar-refractivity contribution in [3.63, 3.8) is 0 Å². The van der Waals surface area contributed by atoms with Crippen LogP contribution in [0.25, 0.3) is 11.1 Å². The minimum Gasteiger partial charge on any atom is -0.493 e. The Bertz CT molecular complexity index is 910. The molecule has 0 unspecified atom stereocenters. The van der Waals surface area contributed by atoms with Crippen molar-refractivity contribution in [3.05, 3.63) is 45.6 Å². The first-order chi connectivity index (χ1) is 13.0. The van der Waals surface area contributed by atoms with Gasteiger partial charge in [-0.1, -0.05) is 13.0 Å². The second-order valence-electron chi connectivity index (χ2n) is 6.24. The molecule has 2 aromatic carbocycles. The van der Waals surface area contributed by atoms with E-state index in [0.717, 1.165) is 22.4 Å². The highest BCUT2D eigenvalue weighted by Crippen LogP contribution is 2.50. The maximum absolute atomic E-state index is 12.6. The number of benzene rings is 1. The Labute approximate surface area is 163 Å². The van der Waals surface area contributed by atoms with Crippen LogP contribution in [-0.2, 0) is 6.42 Å². The van der Waals surface area contributed by atoms with Crippen LogP contribution in [0.1, 0.15) is 30.6 Å². The summed E-state index contributed by atoms with van der Waals surface area (Å²) in [7, 11) is 4.73. The highest BCUT2D eigenvalue weighted by Gasteiger charge is 2.28. The lowest BCUT2D eigenvalue weighted by Crippen LogP contribution is -2.03. The van der Waals surface area contributed by atoms with Crippen molar-refractivity contribution in [2.75, 3.05) is 27.1 Å². The van der Waals surface area contributed by atoms with Gasteiger partial charge in [0, 0.05) is 5.56 Å². The van der Waals surface area contributed by atoms with Gasteiger partial charge in [-0.2, -0.15) is 0 Å². The largest absolute Gasteiger partial charge is 0.493 e. The van der Waals surface area contributed by atoms with Crippen molar-refractivity contribution in [3.8, 4) is 28.4 Å². The molecule has 0 aromatic heterocycles. The summed E-state index contributed by atoms with van der Waals surface area (Å²) < 4.78 is 16.7. The van der Waals surface area contributed by atoms with E-state index in [2.05, 4.69) is 0 Å². The summed E-state index contributed by atoms with van der Waals surface area (Å²) in [5.41, 5.74) is 3.15. The topological polar surface area (TPSA) is 65.0 Å². The van der Waals surface area contributed by atoms with Crippen LogP contribution in [0.4, 0.5) is 0 Å². The molecule has 1 N–H and O–H groups in total. The van der Waals surface area contributed by atoms with Crippen LogP contribution >= 0.6 is 11.8 Å². The summed E-state index contributed by atoms with van der Waals surface area (Å²) in [6.45, 7) is 2.01. The van der Waals surface area contributed by atoms with Crippen molar-refractivity contribution in [1.29, 1.82) is 0 Å². The fourth-order valence-electron chi connectivity index (χ4n) is 3.55. The average Bonchev–Trinajstić information content (AvgIpc) is 2.91. The van der Waals surface area contributed by atoms with Gasteiger partial charge in [-0.25, -0.2) is 0 Å². The second kappa shape index (κ2) is 8.23. The van der Waals surface area contributed by atoms with E-state index in [1.807, 2.05) is 25.1 Å². The quantitative estimate of drug-likeness (QED) is 0.786. The summed E-state index contributed by atoms with van der Waals surface area (Å²) in [6.07, 6.45) is 0.419. The molecule has 144 valence electrons. The zero-order valence-electron chi connectivity index (χ0n) is 16.0. The number of hydrogen-bond acceptors (Lipinski definition) is 6. The summed E-state index contributed by atoms with van der Waals surface area (Å²) in [5, 5.41) is 10.7. The molecule has 5 nitrogen and oxygen atoms in total. The number of aryl methyl sites for hydroxylation is 1. The maximum atomic E-state index is 12.6. The molecular formula is C21H24O5S. The minimum atomic E-state index is -0.728. The third kappa shape index (κ3) is 3.51. The van der Waals surface area contributed by atoms with Crippen LogP contribution in [0.5, 0.6) is 17.2 Å². The zero-order valence-corrected chi connectivity index (χ0v) is 16.8. The van der Waals surface area contributed by atoms with Crippen molar-refractivity contribution < 1.29 is 19.3 Å². The lowest BCUT2D eigenvalue weighted by Gasteiger charge is -2.19. The van der Waals surface area contributed by atoms with E-state index in [1.165, 1.54) is 11.8 Å². The Balaban J connectivity index is 2.39. The van der Waals surface area contributed by atoms with Crippen LogP contribution in [0, 0.1) is 0 Å². The van der Waals surface area contributed by atoms with Gasteiger partial charge in [0.1, 0.15) is 0 Å². The predicted molar refractivity (Wildman–Crippen MR) is 107 cm³/mol. The van der Waals surface area contributed by atoms with Crippen LogP contribution in [0.3, 0.4) is 0 Å². The van der Waals surface area contributed by atoms with E-state index in [1.54, 1.807) is 27.4 Å². The van der Waals surface area contributed by atoms with Crippen molar-refractivity contribution >= 4 is 11.8 Å². The highest BCUT2D eigenvalue weighted by atomic mass is 32.2. The highest BCUT2D eigenvalue weighted by molar-refractivity contribution is 7.99. The van der Waals surface area contributed by atoms with Crippen molar-refractivity contribution in [1.82, 2.24) is 0 Å². The Morgan fingerprint density at radius 2 is 1.85 bits per heavy atom. The number of hydrogen-bond donors (Lipinski definition) is 1. The van der Waals surface area contributed by atoms with Crippen LogP contribution in [0.2, 0.25) is 0 Å². The second-order valence-corrected chi connectivity index (χ2v) is 7.55. The maximum Gasteiger partial charge on any atom is 0.203 e. The van der Waals surface area contributed by atoms with E-state index in [-0.39, 0.29) is 5.43 Å². The molecule has 0 saturated carbocycles. The van der Waals surface area contributed by atoms with Gasteiger partial charge >= 0.3 is 0 Å². The molecule has 1 aliphatic carbocycles. The number of fused-ring (bicyclic) bond motifs is 3. The molecule has 0 fully saturated rings. The van der Waals surface area contributed by atoms with E-state index < -0.39 is 6.10 Å². The third-order valence-electron chi connectivity index (χ3n) is 4.77. The standard InChI is InChI=1S/C21H24O5S/c1-5-27-18-9-7-13-14(11-16(18)23)15(22)8-6-12-10-17(24-2)20(25-3)21(26-4)19(12)13/h7,9-11,15,22H,5-6,8H2,1-4H3/t15-/m0/s1. The van der Waals surface area contributed by atoms with Gasteiger partial charge in [0.05, 0.1) is 32.3 Å². The smallest absolute Gasteiger partial charge is 0.203 e.